The first kappa shape index (κ1) is 21.1. The maximum absolute atomic E-state index is 4.73. The third-order valence-corrected chi connectivity index (χ3v) is 5.94. The summed E-state index contributed by atoms with van der Waals surface area (Å²) in [5.74, 6) is 2.17. The zero-order chi connectivity index (χ0) is 17.5. The summed E-state index contributed by atoms with van der Waals surface area (Å²) in [5.41, 5.74) is 2.25. The van der Waals surface area contributed by atoms with Gasteiger partial charge in [0.2, 0.25) is 0 Å². The molecule has 3 rings (SSSR count). The Bertz CT molecular complexity index is 678. The Hall–Kier alpha value is -1.22. The number of nitrogens with zero attached hydrogens (tertiary/aromatic N) is 3. The van der Waals surface area contributed by atoms with Crippen molar-refractivity contribution in [3.63, 3.8) is 0 Å². The lowest BCUT2D eigenvalue weighted by molar-refractivity contribution is 0.584. The first-order chi connectivity index (χ1) is 12.2. The number of thioether (sulfide) groups is 1. The zero-order valence-corrected chi connectivity index (χ0v) is 18.6. The van der Waals surface area contributed by atoms with Gasteiger partial charge in [-0.15, -0.1) is 24.0 Å². The van der Waals surface area contributed by atoms with Crippen LogP contribution in [-0.2, 0) is 6.54 Å². The van der Waals surface area contributed by atoms with Crippen LogP contribution in [0.1, 0.15) is 32.3 Å². The van der Waals surface area contributed by atoms with Gasteiger partial charge in [0.25, 0.3) is 0 Å². The van der Waals surface area contributed by atoms with Crippen molar-refractivity contribution in [3.8, 4) is 5.69 Å². The minimum atomic E-state index is 0. The summed E-state index contributed by atoms with van der Waals surface area (Å²) in [6.45, 7) is 6.94. The minimum absolute atomic E-state index is 0. The number of nitrogens with one attached hydrogen (secondary N) is 2. The van der Waals surface area contributed by atoms with Gasteiger partial charge < -0.3 is 10.6 Å². The Labute approximate surface area is 177 Å². The standard InChI is InChI=1S/C19H27N5S.HI/c1-3-20-18(22-15-19(2)10-4-13-25-19)21-14-16-6-8-17(9-7-16)24-12-5-11-23-24;/h5-9,11-12H,3-4,10,13-15H2,1-2H3,(H2,20,21,22);1H. The van der Waals surface area contributed by atoms with E-state index in [0.717, 1.165) is 24.7 Å². The number of aliphatic imine (C=N–C) groups is 1. The molecule has 1 fully saturated rings. The van der Waals surface area contributed by atoms with Crippen molar-refractivity contribution in [1.82, 2.24) is 20.4 Å². The van der Waals surface area contributed by atoms with Gasteiger partial charge in [-0.05, 0) is 56.2 Å². The number of halogens is 1. The third kappa shape index (κ3) is 5.90. The molecule has 0 spiro atoms. The van der Waals surface area contributed by atoms with E-state index in [2.05, 4.69) is 65.6 Å². The van der Waals surface area contributed by atoms with Crippen LogP contribution in [0.5, 0.6) is 0 Å². The number of aromatic nitrogens is 2. The Kier molecular flexibility index (Phi) is 8.27. The maximum atomic E-state index is 4.73. The van der Waals surface area contributed by atoms with E-state index in [1.165, 1.54) is 24.2 Å². The molecule has 2 heterocycles. The van der Waals surface area contributed by atoms with Crippen LogP contribution in [-0.4, -0.2) is 39.3 Å². The average Bonchev–Trinajstić information content (AvgIpc) is 3.30. The van der Waals surface area contributed by atoms with Crippen LogP contribution in [0.25, 0.3) is 5.69 Å². The van der Waals surface area contributed by atoms with Crippen LogP contribution in [0.3, 0.4) is 0 Å². The second-order valence-electron chi connectivity index (χ2n) is 6.57. The van der Waals surface area contributed by atoms with E-state index >= 15 is 0 Å². The lowest BCUT2D eigenvalue weighted by Gasteiger charge is -2.24. The molecule has 1 atom stereocenters. The van der Waals surface area contributed by atoms with Gasteiger partial charge in [0.05, 0.1) is 12.2 Å². The number of hydrogen-bond acceptors (Lipinski definition) is 3. The highest BCUT2D eigenvalue weighted by atomic mass is 127. The molecule has 0 bridgehead atoms. The van der Waals surface area contributed by atoms with Gasteiger partial charge in [0, 0.05) is 30.2 Å². The Morgan fingerprint density at radius 3 is 2.73 bits per heavy atom. The SMILES string of the molecule is CCNC(=NCc1ccc(-n2cccn2)cc1)NCC1(C)CCCS1.I. The van der Waals surface area contributed by atoms with Gasteiger partial charge in [-0.3, -0.25) is 0 Å². The normalized spacial score (nSPS) is 19.8. The number of guanidine groups is 1. The zero-order valence-electron chi connectivity index (χ0n) is 15.4. The first-order valence-corrected chi connectivity index (χ1v) is 9.92. The summed E-state index contributed by atoms with van der Waals surface area (Å²) in [5, 5.41) is 11.1. The molecule has 0 aliphatic carbocycles. The van der Waals surface area contributed by atoms with Crippen molar-refractivity contribution in [1.29, 1.82) is 0 Å². The quantitative estimate of drug-likeness (QED) is 0.371. The molecule has 1 aromatic heterocycles. The smallest absolute Gasteiger partial charge is 0.191 e. The Morgan fingerprint density at radius 2 is 2.12 bits per heavy atom. The molecule has 5 nitrogen and oxygen atoms in total. The summed E-state index contributed by atoms with van der Waals surface area (Å²) in [6.07, 6.45) is 6.33. The highest BCUT2D eigenvalue weighted by Gasteiger charge is 2.29. The molecule has 0 saturated carbocycles. The fraction of sp³-hybridized carbons (Fsp3) is 0.474. The van der Waals surface area contributed by atoms with E-state index in [4.69, 9.17) is 4.99 Å². The van der Waals surface area contributed by atoms with Gasteiger partial charge in [0.15, 0.2) is 5.96 Å². The molecule has 1 saturated heterocycles. The summed E-state index contributed by atoms with van der Waals surface area (Å²) in [7, 11) is 0. The molecule has 7 heteroatoms. The van der Waals surface area contributed by atoms with Crippen LogP contribution in [0.15, 0.2) is 47.7 Å². The topological polar surface area (TPSA) is 54.2 Å². The highest BCUT2D eigenvalue weighted by molar-refractivity contribution is 14.0. The average molecular weight is 485 g/mol. The van der Waals surface area contributed by atoms with E-state index in [0.29, 0.717) is 11.3 Å². The second-order valence-corrected chi connectivity index (χ2v) is 8.25. The third-order valence-electron chi connectivity index (χ3n) is 4.40. The van der Waals surface area contributed by atoms with Crippen LogP contribution in [0.4, 0.5) is 0 Å². The molecule has 2 aromatic rings. The Morgan fingerprint density at radius 1 is 1.31 bits per heavy atom. The van der Waals surface area contributed by atoms with Gasteiger partial charge in [0.1, 0.15) is 0 Å². The lowest BCUT2D eigenvalue weighted by atomic mass is 10.1. The largest absolute Gasteiger partial charge is 0.357 e. The molecule has 142 valence electrons. The predicted octanol–water partition coefficient (Wildman–Crippen LogP) is 3.83. The van der Waals surface area contributed by atoms with Crippen molar-refractivity contribution in [2.75, 3.05) is 18.8 Å². The van der Waals surface area contributed by atoms with Gasteiger partial charge >= 0.3 is 0 Å². The van der Waals surface area contributed by atoms with Crippen LogP contribution >= 0.6 is 35.7 Å². The van der Waals surface area contributed by atoms with Gasteiger partial charge in [-0.2, -0.15) is 16.9 Å². The monoisotopic (exact) mass is 485 g/mol. The van der Waals surface area contributed by atoms with Crippen molar-refractivity contribution in [2.24, 2.45) is 4.99 Å². The highest BCUT2D eigenvalue weighted by Crippen LogP contribution is 2.36. The number of benzene rings is 1. The van der Waals surface area contributed by atoms with E-state index in [9.17, 15) is 0 Å². The van der Waals surface area contributed by atoms with Crippen molar-refractivity contribution in [3.05, 3.63) is 48.3 Å². The first-order valence-electron chi connectivity index (χ1n) is 8.94. The molecule has 1 aromatic carbocycles. The fourth-order valence-corrected chi connectivity index (χ4v) is 4.18. The van der Waals surface area contributed by atoms with Crippen molar-refractivity contribution < 1.29 is 0 Å². The molecular weight excluding hydrogens is 457 g/mol. The molecule has 2 N–H and O–H groups in total. The predicted molar refractivity (Wildman–Crippen MR) is 122 cm³/mol. The number of hydrogen-bond donors (Lipinski definition) is 2. The lowest BCUT2D eigenvalue weighted by Crippen LogP contribution is -2.43. The Balaban J connectivity index is 0.00000243. The summed E-state index contributed by atoms with van der Waals surface area (Å²) in [6, 6.07) is 10.3. The van der Waals surface area contributed by atoms with Gasteiger partial charge in [-0.25, -0.2) is 9.67 Å². The van der Waals surface area contributed by atoms with Crippen molar-refractivity contribution in [2.45, 2.75) is 38.0 Å². The van der Waals surface area contributed by atoms with E-state index in [-0.39, 0.29) is 24.0 Å². The molecule has 1 aliphatic rings. The van der Waals surface area contributed by atoms with Crippen LogP contribution < -0.4 is 10.6 Å². The van der Waals surface area contributed by atoms with Crippen LogP contribution in [0, 0.1) is 0 Å². The summed E-state index contributed by atoms with van der Waals surface area (Å²) < 4.78 is 2.19. The van der Waals surface area contributed by atoms with E-state index in [1.54, 1.807) is 6.20 Å². The molecule has 26 heavy (non-hydrogen) atoms. The van der Waals surface area contributed by atoms with E-state index in [1.807, 2.05) is 16.9 Å². The molecule has 1 unspecified atom stereocenters. The molecular formula is C19H28IN5S. The molecule has 0 amide bonds. The molecule has 0 radical (unpaired) electrons. The minimum Gasteiger partial charge on any atom is -0.357 e. The van der Waals surface area contributed by atoms with Crippen molar-refractivity contribution >= 4 is 41.7 Å². The summed E-state index contributed by atoms with van der Waals surface area (Å²) >= 11 is 2.07. The molecule has 1 aliphatic heterocycles. The van der Waals surface area contributed by atoms with Crippen LogP contribution in [0.2, 0.25) is 0 Å². The fourth-order valence-electron chi connectivity index (χ4n) is 2.93. The van der Waals surface area contributed by atoms with Gasteiger partial charge in [-0.1, -0.05) is 12.1 Å². The second kappa shape index (κ2) is 10.2. The summed E-state index contributed by atoms with van der Waals surface area (Å²) in [4.78, 5) is 4.73. The number of rotatable bonds is 6. The maximum Gasteiger partial charge on any atom is 0.191 e. The van der Waals surface area contributed by atoms with E-state index < -0.39 is 0 Å².